The van der Waals surface area contributed by atoms with E-state index in [4.69, 9.17) is 0 Å². The minimum Gasteiger partial charge on any atom is -0.339 e. The van der Waals surface area contributed by atoms with Gasteiger partial charge in [0.1, 0.15) is 12.4 Å². The predicted molar refractivity (Wildman–Crippen MR) is 123 cm³/mol. The number of hydrogen-bond acceptors (Lipinski definition) is 3. The molecule has 0 spiro atoms. The van der Waals surface area contributed by atoms with Gasteiger partial charge in [0, 0.05) is 49.7 Å². The third-order valence-corrected chi connectivity index (χ3v) is 6.15. The normalized spacial score (nSPS) is 14.5. The van der Waals surface area contributed by atoms with Crippen molar-refractivity contribution in [2.45, 2.75) is 26.9 Å². The molecule has 3 aromatic rings. The number of hydrogen-bond donors (Lipinski definition) is 0. The number of carbonyl (C=O) groups excluding carboxylic acids is 2. The summed E-state index contributed by atoms with van der Waals surface area (Å²) in [4.78, 5) is 29.5. The molecule has 1 fully saturated rings. The van der Waals surface area contributed by atoms with Gasteiger partial charge in [-0.15, -0.1) is 0 Å². The van der Waals surface area contributed by atoms with E-state index in [0.29, 0.717) is 18.7 Å². The molecule has 0 saturated carbocycles. The molecule has 0 bridgehead atoms. The number of halogens is 1. The Bertz CT molecular complexity index is 1100. The Hall–Kier alpha value is -3.25. The van der Waals surface area contributed by atoms with Crippen molar-refractivity contribution < 1.29 is 14.0 Å². The minimum atomic E-state index is -0.320. The second-order valence-corrected chi connectivity index (χ2v) is 8.32. The average molecular weight is 434 g/mol. The van der Waals surface area contributed by atoms with Crippen LogP contribution in [-0.2, 0) is 17.9 Å². The first-order chi connectivity index (χ1) is 15.4. The predicted octanol–water partition coefficient (Wildman–Crippen LogP) is 4.15. The fourth-order valence-electron chi connectivity index (χ4n) is 4.30. The lowest BCUT2D eigenvalue weighted by atomic mass is 10.1. The van der Waals surface area contributed by atoms with E-state index in [1.54, 1.807) is 18.2 Å². The summed E-state index contributed by atoms with van der Waals surface area (Å²) in [5, 5.41) is 0. The molecule has 0 aliphatic carbocycles. The van der Waals surface area contributed by atoms with Crippen molar-refractivity contribution in [3.63, 3.8) is 0 Å². The summed E-state index contributed by atoms with van der Waals surface area (Å²) in [5.41, 5.74) is 4.15. The molecule has 0 unspecified atom stereocenters. The van der Waals surface area contributed by atoms with Crippen LogP contribution in [0.25, 0.3) is 11.3 Å². The first-order valence-electron chi connectivity index (χ1n) is 10.9. The number of nitrogens with zero attached hydrogens (tertiary/aromatic N) is 3. The van der Waals surface area contributed by atoms with Gasteiger partial charge in [0.15, 0.2) is 5.78 Å². The fourth-order valence-corrected chi connectivity index (χ4v) is 4.30. The van der Waals surface area contributed by atoms with E-state index in [9.17, 15) is 14.0 Å². The monoisotopic (exact) mass is 433 g/mol. The third-order valence-electron chi connectivity index (χ3n) is 6.15. The van der Waals surface area contributed by atoms with E-state index in [-0.39, 0.29) is 24.1 Å². The molecule has 6 heteroatoms. The molecule has 1 aromatic heterocycles. The van der Waals surface area contributed by atoms with Crippen LogP contribution in [0.2, 0.25) is 0 Å². The summed E-state index contributed by atoms with van der Waals surface area (Å²) in [6.07, 6.45) is 0. The fraction of sp³-hybridized carbons (Fsp3) is 0.308. The maximum absolute atomic E-state index is 13.4. The van der Waals surface area contributed by atoms with Crippen LogP contribution < -0.4 is 0 Å². The van der Waals surface area contributed by atoms with Gasteiger partial charge >= 0.3 is 0 Å². The van der Waals surface area contributed by atoms with Gasteiger partial charge < -0.3 is 9.47 Å². The summed E-state index contributed by atoms with van der Waals surface area (Å²) in [5.74, 6) is -0.340. The van der Waals surface area contributed by atoms with Gasteiger partial charge in [0.2, 0.25) is 5.91 Å². The van der Waals surface area contributed by atoms with Gasteiger partial charge in [0.05, 0.1) is 0 Å². The van der Waals surface area contributed by atoms with Gasteiger partial charge in [-0.3, -0.25) is 14.5 Å². The molecule has 0 N–H and O–H groups in total. The highest BCUT2D eigenvalue weighted by molar-refractivity contribution is 5.97. The molecule has 5 nitrogen and oxygen atoms in total. The molecule has 4 rings (SSSR count). The van der Waals surface area contributed by atoms with Gasteiger partial charge in [-0.2, -0.15) is 0 Å². The van der Waals surface area contributed by atoms with Crippen molar-refractivity contribution in [1.29, 1.82) is 0 Å². The Morgan fingerprint density at radius 3 is 2.22 bits per heavy atom. The van der Waals surface area contributed by atoms with E-state index in [0.717, 1.165) is 36.6 Å². The van der Waals surface area contributed by atoms with Crippen LogP contribution in [0.5, 0.6) is 0 Å². The third kappa shape index (κ3) is 4.81. The van der Waals surface area contributed by atoms with Crippen molar-refractivity contribution in [2.75, 3.05) is 26.2 Å². The molecular formula is C26H28FN3O2. The summed E-state index contributed by atoms with van der Waals surface area (Å²) < 4.78 is 15.3. The van der Waals surface area contributed by atoms with Crippen LogP contribution in [-0.4, -0.2) is 52.2 Å². The van der Waals surface area contributed by atoms with Crippen LogP contribution in [0.3, 0.4) is 0 Å². The Balaban J connectivity index is 1.47. The van der Waals surface area contributed by atoms with Gasteiger partial charge in [0.25, 0.3) is 0 Å². The Morgan fingerprint density at radius 1 is 0.938 bits per heavy atom. The first kappa shape index (κ1) is 22.0. The van der Waals surface area contributed by atoms with Crippen molar-refractivity contribution in [3.8, 4) is 11.3 Å². The molecule has 2 aromatic carbocycles. The highest BCUT2D eigenvalue weighted by Crippen LogP contribution is 2.27. The second-order valence-electron chi connectivity index (χ2n) is 8.32. The number of rotatable bonds is 6. The highest BCUT2D eigenvalue weighted by atomic mass is 19.1. The van der Waals surface area contributed by atoms with E-state index in [1.807, 2.05) is 34.6 Å². The standard InChI is InChI=1S/C26H28FN3O2/c1-19-24(20(2)31)16-25(22-8-10-23(27)11-9-22)30(19)18-26(32)29-14-12-28(13-15-29)17-21-6-4-3-5-7-21/h3-11,16H,12-15,17-18H2,1-2H3. The quantitative estimate of drug-likeness (QED) is 0.549. The summed E-state index contributed by atoms with van der Waals surface area (Å²) in [7, 11) is 0. The number of amides is 1. The van der Waals surface area contributed by atoms with E-state index in [2.05, 4.69) is 17.0 Å². The van der Waals surface area contributed by atoms with Crippen LogP contribution in [0.1, 0.15) is 28.5 Å². The molecule has 166 valence electrons. The number of carbonyl (C=O) groups is 2. The number of benzene rings is 2. The van der Waals surface area contributed by atoms with Crippen molar-refractivity contribution in [3.05, 3.63) is 83.3 Å². The number of aromatic nitrogens is 1. The van der Waals surface area contributed by atoms with Gasteiger partial charge in [-0.05, 0) is 55.3 Å². The van der Waals surface area contributed by atoms with Crippen LogP contribution in [0.15, 0.2) is 60.7 Å². The molecule has 1 aliphatic heterocycles. The molecule has 1 aliphatic rings. The van der Waals surface area contributed by atoms with Crippen LogP contribution >= 0.6 is 0 Å². The maximum atomic E-state index is 13.4. The van der Waals surface area contributed by atoms with E-state index >= 15 is 0 Å². The summed E-state index contributed by atoms with van der Waals surface area (Å²) >= 11 is 0. The summed E-state index contributed by atoms with van der Waals surface area (Å²) in [6, 6.07) is 18.3. The molecular weight excluding hydrogens is 405 g/mol. The Labute approximate surface area is 188 Å². The smallest absolute Gasteiger partial charge is 0.242 e. The van der Waals surface area contributed by atoms with Crippen LogP contribution in [0, 0.1) is 12.7 Å². The lowest BCUT2D eigenvalue weighted by Gasteiger charge is -2.35. The van der Waals surface area contributed by atoms with Crippen LogP contribution in [0.4, 0.5) is 4.39 Å². The highest BCUT2D eigenvalue weighted by Gasteiger charge is 2.24. The lowest BCUT2D eigenvalue weighted by molar-refractivity contribution is -0.133. The SMILES string of the molecule is CC(=O)c1cc(-c2ccc(F)cc2)n(CC(=O)N2CCN(Cc3ccccc3)CC2)c1C. The number of Topliss-reactive ketones (excluding diaryl/α,β-unsaturated/α-hetero) is 1. The zero-order valence-corrected chi connectivity index (χ0v) is 18.6. The molecule has 1 amide bonds. The maximum Gasteiger partial charge on any atom is 0.242 e. The van der Waals surface area contributed by atoms with Crippen molar-refractivity contribution in [1.82, 2.24) is 14.4 Å². The first-order valence-corrected chi connectivity index (χ1v) is 10.9. The Morgan fingerprint density at radius 2 is 1.59 bits per heavy atom. The molecule has 0 radical (unpaired) electrons. The Kier molecular flexibility index (Phi) is 6.51. The minimum absolute atomic E-state index is 0.0292. The van der Waals surface area contributed by atoms with E-state index < -0.39 is 0 Å². The average Bonchev–Trinajstić information content (AvgIpc) is 3.12. The number of ketones is 1. The molecule has 1 saturated heterocycles. The number of piperazine rings is 1. The largest absolute Gasteiger partial charge is 0.339 e. The van der Waals surface area contributed by atoms with Gasteiger partial charge in [-0.25, -0.2) is 4.39 Å². The van der Waals surface area contributed by atoms with Crippen molar-refractivity contribution >= 4 is 11.7 Å². The second kappa shape index (κ2) is 9.49. The molecule has 0 atom stereocenters. The zero-order valence-electron chi connectivity index (χ0n) is 18.6. The lowest BCUT2D eigenvalue weighted by Crippen LogP contribution is -2.49. The van der Waals surface area contributed by atoms with Crippen molar-refractivity contribution in [2.24, 2.45) is 0 Å². The molecule has 32 heavy (non-hydrogen) atoms. The topological polar surface area (TPSA) is 45.6 Å². The van der Waals surface area contributed by atoms with E-state index in [1.165, 1.54) is 24.6 Å². The van der Waals surface area contributed by atoms with Gasteiger partial charge in [-0.1, -0.05) is 30.3 Å². The summed E-state index contributed by atoms with van der Waals surface area (Å²) in [6.45, 7) is 7.43. The zero-order chi connectivity index (χ0) is 22.7. The molecule has 2 heterocycles.